The summed E-state index contributed by atoms with van der Waals surface area (Å²) in [4.78, 5) is 20.9. The minimum atomic E-state index is -0.258. The number of hydrogen-bond donors (Lipinski definition) is 3. The van der Waals surface area contributed by atoms with Gasteiger partial charge in [0.1, 0.15) is 5.82 Å². The predicted molar refractivity (Wildman–Crippen MR) is 68.7 cm³/mol. The zero-order valence-electron chi connectivity index (χ0n) is 10.9. The van der Waals surface area contributed by atoms with Crippen LogP contribution in [0.2, 0.25) is 0 Å². The molecular formula is C12H20N4O2. The van der Waals surface area contributed by atoms with Crippen LogP contribution < -0.4 is 10.9 Å². The maximum atomic E-state index is 11.7. The molecule has 0 aromatic carbocycles. The molecule has 18 heavy (non-hydrogen) atoms. The fourth-order valence-corrected chi connectivity index (χ4v) is 2.31. The molecule has 0 amide bonds. The highest BCUT2D eigenvalue weighted by atomic mass is 16.3. The molecule has 2 rings (SSSR count). The molecule has 0 radical (unpaired) electrons. The Bertz CT molecular complexity index is 466. The number of rotatable bonds is 3. The fraction of sp³-hybridized carbons (Fsp3) is 0.667. The number of nitrogens with one attached hydrogen (secondary N) is 2. The lowest BCUT2D eigenvalue weighted by Crippen LogP contribution is -2.45. The number of hydrogen-bond acceptors (Lipinski definition) is 5. The van der Waals surface area contributed by atoms with Crippen LogP contribution >= 0.6 is 0 Å². The summed E-state index contributed by atoms with van der Waals surface area (Å²) in [6.45, 7) is 7.37. The Labute approximate surface area is 106 Å². The lowest BCUT2D eigenvalue weighted by molar-refractivity contribution is 0.161. The van der Waals surface area contributed by atoms with E-state index in [1.54, 1.807) is 6.92 Å². The normalized spacial score (nSPS) is 18.8. The molecule has 0 saturated carbocycles. The van der Waals surface area contributed by atoms with E-state index in [4.69, 9.17) is 0 Å². The average Bonchev–Trinajstić information content (AvgIpc) is 2.38. The van der Waals surface area contributed by atoms with Crippen LogP contribution in [0.25, 0.3) is 0 Å². The van der Waals surface area contributed by atoms with Gasteiger partial charge in [-0.2, -0.15) is 4.98 Å². The maximum absolute atomic E-state index is 11.7. The molecule has 1 atom stereocenters. The van der Waals surface area contributed by atoms with Crippen molar-refractivity contribution in [1.82, 2.24) is 20.2 Å². The van der Waals surface area contributed by atoms with Crippen molar-refractivity contribution in [3.8, 4) is 5.88 Å². The van der Waals surface area contributed by atoms with Gasteiger partial charge in [0.2, 0.25) is 5.88 Å². The second-order valence-corrected chi connectivity index (χ2v) is 4.61. The molecule has 0 bridgehead atoms. The van der Waals surface area contributed by atoms with Gasteiger partial charge in [0.05, 0.1) is 11.6 Å². The van der Waals surface area contributed by atoms with E-state index in [1.807, 2.05) is 0 Å². The first kappa shape index (κ1) is 13.0. The maximum Gasteiger partial charge on any atom is 0.257 e. The van der Waals surface area contributed by atoms with E-state index in [0.717, 1.165) is 32.6 Å². The lowest BCUT2D eigenvalue weighted by atomic mass is 10.1. The molecule has 1 aromatic heterocycles. The Morgan fingerprint density at radius 1 is 1.44 bits per heavy atom. The Morgan fingerprint density at radius 2 is 2.11 bits per heavy atom. The topological polar surface area (TPSA) is 81.2 Å². The highest BCUT2D eigenvalue weighted by Gasteiger charge is 2.23. The molecule has 1 aromatic rings. The monoisotopic (exact) mass is 252 g/mol. The molecule has 2 heterocycles. The third-order valence-electron chi connectivity index (χ3n) is 3.44. The van der Waals surface area contributed by atoms with Gasteiger partial charge in [-0.1, -0.05) is 6.92 Å². The van der Waals surface area contributed by atoms with Crippen molar-refractivity contribution in [3.63, 3.8) is 0 Å². The van der Waals surface area contributed by atoms with Crippen LogP contribution in [0, 0.1) is 6.92 Å². The lowest BCUT2D eigenvalue weighted by Gasteiger charge is -2.33. The minimum Gasteiger partial charge on any atom is -0.493 e. The van der Waals surface area contributed by atoms with E-state index in [0.29, 0.717) is 5.82 Å². The van der Waals surface area contributed by atoms with Crippen molar-refractivity contribution in [1.29, 1.82) is 0 Å². The van der Waals surface area contributed by atoms with Crippen molar-refractivity contribution >= 4 is 0 Å². The summed E-state index contributed by atoms with van der Waals surface area (Å²) >= 11 is 0. The summed E-state index contributed by atoms with van der Waals surface area (Å²) in [5, 5.41) is 13.0. The van der Waals surface area contributed by atoms with Crippen LogP contribution in [0.1, 0.15) is 30.8 Å². The first-order valence-electron chi connectivity index (χ1n) is 6.38. The molecule has 6 heteroatoms. The molecule has 3 N–H and O–H groups in total. The van der Waals surface area contributed by atoms with Crippen LogP contribution in [-0.4, -0.2) is 46.2 Å². The zero-order chi connectivity index (χ0) is 13.1. The number of piperazine rings is 1. The third-order valence-corrected chi connectivity index (χ3v) is 3.44. The van der Waals surface area contributed by atoms with Gasteiger partial charge in [0.25, 0.3) is 5.56 Å². The van der Waals surface area contributed by atoms with Crippen molar-refractivity contribution in [2.45, 2.75) is 26.3 Å². The highest BCUT2D eigenvalue weighted by molar-refractivity contribution is 5.21. The minimum absolute atomic E-state index is 0.0614. The molecule has 1 aliphatic heterocycles. The van der Waals surface area contributed by atoms with E-state index in [9.17, 15) is 9.90 Å². The SMILES string of the molecule is CCC(c1nc(O)c(C)c(=O)[nH]1)N1CCNCC1. The average molecular weight is 252 g/mol. The van der Waals surface area contributed by atoms with Gasteiger partial charge in [-0.05, 0) is 13.3 Å². The number of aromatic hydroxyl groups is 1. The molecule has 1 fully saturated rings. The first-order valence-corrected chi connectivity index (χ1v) is 6.38. The summed E-state index contributed by atoms with van der Waals surface area (Å²) in [6.07, 6.45) is 0.853. The van der Waals surface area contributed by atoms with Gasteiger partial charge in [-0.25, -0.2) is 0 Å². The summed E-state index contributed by atoms with van der Waals surface area (Å²) in [7, 11) is 0. The molecule has 1 saturated heterocycles. The van der Waals surface area contributed by atoms with Crippen LogP contribution in [0.5, 0.6) is 5.88 Å². The smallest absolute Gasteiger partial charge is 0.257 e. The molecule has 1 aliphatic rings. The van der Waals surface area contributed by atoms with E-state index in [1.165, 1.54) is 0 Å². The standard InChI is InChI=1S/C12H20N4O2/c1-3-9(16-6-4-13-5-7-16)10-14-11(17)8(2)12(18)15-10/h9,13H,3-7H2,1-2H3,(H2,14,15,17,18). The molecule has 1 unspecified atom stereocenters. The van der Waals surface area contributed by atoms with Crippen molar-refractivity contribution in [2.24, 2.45) is 0 Å². The van der Waals surface area contributed by atoms with Gasteiger partial charge in [0.15, 0.2) is 0 Å². The third kappa shape index (κ3) is 2.54. The summed E-state index contributed by atoms with van der Waals surface area (Å²) in [6, 6.07) is 0.0614. The van der Waals surface area contributed by atoms with E-state index >= 15 is 0 Å². The van der Waals surface area contributed by atoms with Crippen molar-refractivity contribution < 1.29 is 5.11 Å². The van der Waals surface area contributed by atoms with E-state index in [2.05, 4.69) is 27.1 Å². The van der Waals surface area contributed by atoms with Gasteiger partial charge in [-0.15, -0.1) is 0 Å². The molecule has 6 nitrogen and oxygen atoms in total. The van der Waals surface area contributed by atoms with Crippen LogP contribution in [0.15, 0.2) is 4.79 Å². The van der Waals surface area contributed by atoms with Crippen LogP contribution in [-0.2, 0) is 0 Å². The van der Waals surface area contributed by atoms with Gasteiger partial charge < -0.3 is 15.4 Å². The van der Waals surface area contributed by atoms with Gasteiger partial charge in [0, 0.05) is 26.2 Å². The van der Waals surface area contributed by atoms with E-state index in [-0.39, 0.29) is 23.0 Å². The summed E-state index contributed by atoms with van der Waals surface area (Å²) in [5.41, 5.74) is 0.0139. The largest absolute Gasteiger partial charge is 0.493 e. The number of nitrogens with zero attached hydrogens (tertiary/aromatic N) is 2. The second kappa shape index (κ2) is 5.49. The molecule has 0 spiro atoms. The van der Waals surface area contributed by atoms with Crippen molar-refractivity contribution in [3.05, 3.63) is 21.7 Å². The fourth-order valence-electron chi connectivity index (χ4n) is 2.31. The van der Waals surface area contributed by atoms with Gasteiger partial charge in [-0.3, -0.25) is 9.69 Å². The molecular weight excluding hydrogens is 232 g/mol. The van der Waals surface area contributed by atoms with Gasteiger partial charge >= 0.3 is 0 Å². The number of aromatic amines is 1. The quantitative estimate of drug-likeness (QED) is 0.713. The Morgan fingerprint density at radius 3 is 2.67 bits per heavy atom. The Hall–Kier alpha value is -1.40. The van der Waals surface area contributed by atoms with Crippen LogP contribution in [0.3, 0.4) is 0 Å². The van der Waals surface area contributed by atoms with Crippen LogP contribution in [0.4, 0.5) is 0 Å². The zero-order valence-corrected chi connectivity index (χ0v) is 10.9. The molecule has 100 valence electrons. The molecule has 0 aliphatic carbocycles. The first-order chi connectivity index (χ1) is 8.63. The summed E-state index contributed by atoms with van der Waals surface area (Å²) < 4.78 is 0. The number of aromatic nitrogens is 2. The Kier molecular flexibility index (Phi) is 3.98. The van der Waals surface area contributed by atoms with E-state index < -0.39 is 0 Å². The predicted octanol–water partition coefficient (Wildman–Crippen LogP) is 0.140. The number of H-pyrrole nitrogens is 1. The summed E-state index contributed by atoms with van der Waals surface area (Å²) in [5.74, 6) is 0.398. The second-order valence-electron chi connectivity index (χ2n) is 4.61. The Balaban J connectivity index is 2.29. The van der Waals surface area contributed by atoms with Crippen molar-refractivity contribution in [2.75, 3.05) is 26.2 Å². The highest BCUT2D eigenvalue weighted by Crippen LogP contribution is 2.22.